The predicted molar refractivity (Wildman–Crippen MR) is 85.3 cm³/mol. The SMILES string of the molecule is CCN(C)C(=O)CNC(C)c1ccc2ccccc2c1O. The van der Waals surface area contributed by atoms with Crippen LogP contribution in [0.3, 0.4) is 0 Å². The zero-order chi connectivity index (χ0) is 15.4. The van der Waals surface area contributed by atoms with Crippen LogP contribution in [0.2, 0.25) is 0 Å². The van der Waals surface area contributed by atoms with E-state index in [-0.39, 0.29) is 24.2 Å². The normalized spacial score (nSPS) is 12.3. The summed E-state index contributed by atoms with van der Waals surface area (Å²) in [5, 5.41) is 15.4. The van der Waals surface area contributed by atoms with E-state index in [0.717, 1.165) is 16.3 Å². The maximum absolute atomic E-state index is 11.8. The van der Waals surface area contributed by atoms with Crippen LogP contribution >= 0.6 is 0 Å². The maximum Gasteiger partial charge on any atom is 0.236 e. The van der Waals surface area contributed by atoms with Crippen LogP contribution in [0.25, 0.3) is 10.8 Å². The second kappa shape index (κ2) is 6.59. The Bertz CT molecular complexity index is 640. The highest BCUT2D eigenvalue weighted by molar-refractivity contribution is 5.89. The van der Waals surface area contributed by atoms with Crippen molar-refractivity contribution >= 4 is 16.7 Å². The molecule has 0 aliphatic carbocycles. The number of benzene rings is 2. The minimum atomic E-state index is -0.0937. The molecule has 0 heterocycles. The molecule has 1 atom stereocenters. The zero-order valence-corrected chi connectivity index (χ0v) is 12.8. The van der Waals surface area contributed by atoms with E-state index in [4.69, 9.17) is 0 Å². The Morgan fingerprint density at radius 1 is 1.29 bits per heavy atom. The molecule has 4 nitrogen and oxygen atoms in total. The Morgan fingerprint density at radius 2 is 2.00 bits per heavy atom. The number of rotatable bonds is 5. The quantitative estimate of drug-likeness (QED) is 0.888. The van der Waals surface area contributed by atoms with E-state index in [1.165, 1.54) is 0 Å². The summed E-state index contributed by atoms with van der Waals surface area (Å²) in [5.41, 5.74) is 0.806. The first-order valence-corrected chi connectivity index (χ1v) is 7.22. The molecule has 0 fully saturated rings. The number of nitrogens with one attached hydrogen (secondary N) is 1. The minimum Gasteiger partial charge on any atom is -0.507 e. The molecule has 2 aromatic carbocycles. The van der Waals surface area contributed by atoms with Gasteiger partial charge in [-0.05, 0) is 19.2 Å². The molecular weight excluding hydrogens is 264 g/mol. The summed E-state index contributed by atoms with van der Waals surface area (Å²) < 4.78 is 0. The molecule has 0 saturated carbocycles. The van der Waals surface area contributed by atoms with Gasteiger partial charge in [0.15, 0.2) is 0 Å². The van der Waals surface area contributed by atoms with E-state index >= 15 is 0 Å². The van der Waals surface area contributed by atoms with Gasteiger partial charge >= 0.3 is 0 Å². The van der Waals surface area contributed by atoms with E-state index in [9.17, 15) is 9.90 Å². The topological polar surface area (TPSA) is 52.6 Å². The molecule has 0 aliphatic rings. The zero-order valence-electron chi connectivity index (χ0n) is 12.8. The average molecular weight is 286 g/mol. The largest absolute Gasteiger partial charge is 0.507 e. The van der Waals surface area contributed by atoms with Crippen LogP contribution in [-0.4, -0.2) is 36.1 Å². The summed E-state index contributed by atoms with van der Waals surface area (Å²) in [6.07, 6.45) is 0. The van der Waals surface area contributed by atoms with Crippen LogP contribution in [0.5, 0.6) is 5.75 Å². The fraction of sp³-hybridized carbons (Fsp3) is 0.353. The van der Waals surface area contributed by atoms with Gasteiger partial charge in [-0.2, -0.15) is 0 Å². The molecule has 1 amide bonds. The van der Waals surface area contributed by atoms with Gasteiger partial charge in [-0.3, -0.25) is 4.79 Å². The maximum atomic E-state index is 11.8. The first-order valence-electron chi connectivity index (χ1n) is 7.22. The summed E-state index contributed by atoms with van der Waals surface area (Å²) >= 11 is 0. The number of hydrogen-bond acceptors (Lipinski definition) is 3. The number of nitrogens with zero attached hydrogens (tertiary/aromatic N) is 1. The van der Waals surface area contributed by atoms with E-state index in [1.54, 1.807) is 11.9 Å². The summed E-state index contributed by atoms with van der Waals surface area (Å²) in [6.45, 7) is 4.84. The number of likely N-dealkylation sites (N-methyl/N-ethyl adjacent to an activating group) is 1. The summed E-state index contributed by atoms with van der Waals surface area (Å²) in [4.78, 5) is 13.5. The van der Waals surface area contributed by atoms with Crippen molar-refractivity contribution in [2.24, 2.45) is 0 Å². The predicted octanol–water partition coefficient (Wildman–Crippen LogP) is 2.67. The lowest BCUT2D eigenvalue weighted by Gasteiger charge is -2.19. The van der Waals surface area contributed by atoms with Crippen molar-refractivity contribution in [1.82, 2.24) is 10.2 Å². The van der Waals surface area contributed by atoms with Crippen LogP contribution in [0.4, 0.5) is 0 Å². The van der Waals surface area contributed by atoms with Crippen LogP contribution in [0.1, 0.15) is 25.5 Å². The lowest BCUT2D eigenvalue weighted by Crippen LogP contribution is -2.36. The molecule has 112 valence electrons. The molecule has 0 aromatic heterocycles. The van der Waals surface area contributed by atoms with Crippen molar-refractivity contribution in [3.8, 4) is 5.75 Å². The molecule has 4 heteroatoms. The molecule has 0 bridgehead atoms. The van der Waals surface area contributed by atoms with Gasteiger partial charge in [-0.25, -0.2) is 0 Å². The van der Waals surface area contributed by atoms with E-state index in [1.807, 2.05) is 50.2 Å². The van der Waals surface area contributed by atoms with E-state index < -0.39 is 0 Å². The van der Waals surface area contributed by atoms with Crippen molar-refractivity contribution < 1.29 is 9.90 Å². The molecule has 1 unspecified atom stereocenters. The van der Waals surface area contributed by atoms with Crippen LogP contribution < -0.4 is 5.32 Å². The number of carbonyl (C=O) groups excluding carboxylic acids is 1. The fourth-order valence-electron chi connectivity index (χ4n) is 2.28. The number of phenols is 1. The van der Waals surface area contributed by atoms with Gasteiger partial charge in [0.25, 0.3) is 0 Å². The Hall–Kier alpha value is -2.07. The third kappa shape index (κ3) is 3.34. The van der Waals surface area contributed by atoms with Gasteiger partial charge in [-0.15, -0.1) is 0 Å². The molecule has 0 spiro atoms. The molecule has 2 rings (SSSR count). The van der Waals surface area contributed by atoms with Gasteiger partial charge in [0.2, 0.25) is 5.91 Å². The van der Waals surface area contributed by atoms with Crippen LogP contribution in [0.15, 0.2) is 36.4 Å². The van der Waals surface area contributed by atoms with Crippen LogP contribution in [0, 0.1) is 0 Å². The van der Waals surface area contributed by atoms with Crippen molar-refractivity contribution in [3.05, 3.63) is 42.0 Å². The minimum absolute atomic E-state index is 0.0460. The number of carbonyl (C=O) groups is 1. The Balaban J connectivity index is 2.14. The number of amides is 1. The number of phenolic OH excluding ortho intramolecular Hbond substituents is 1. The van der Waals surface area contributed by atoms with Crippen molar-refractivity contribution in [1.29, 1.82) is 0 Å². The van der Waals surface area contributed by atoms with Crippen LogP contribution in [-0.2, 0) is 4.79 Å². The average Bonchev–Trinajstić information content (AvgIpc) is 2.52. The van der Waals surface area contributed by atoms with Gasteiger partial charge in [0, 0.05) is 30.6 Å². The smallest absolute Gasteiger partial charge is 0.236 e. The first-order chi connectivity index (χ1) is 10.0. The Labute approximate surface area is 125 Å². The highest BCUT2D eigenvalue weighted by Gasteiger charge is 2.14. The van der Waals surface area contributed by atoms with E-state index in [2.05, 4.69) is 5.32 Å². The van der Waals surface area contributed by atoms with Gasteiger partial charge in [-0.1, -0.05) is 36.4 Å². The monoisotopic (exact) mass is 286 g/mol. The number of hydrogen-bond donors (Lipinski definition) is 2. The summed E-state index contributed by atoms with van der Waals surface area (Å²) in [5.74, 6) is 0.328. The highest BCUT2D eigenvalue weighted by atomic mass is 16.3. The Kier molecular flexibility index (Phi) is 4.81. The molecule has 2 N–H and O–H groups in total. The summed E-state index contributed by atoms with van der Waals surface area (Å²) in [7, 11) is 1.78. The van der Waals surface area contributed by atoms with Gasteiger partial charge < -0.3 is 15.3 Å². The molecule has 0 saturated heterocycles. The second-order valence-electron chi connectivity index (χ2n) is 5.24. The van der Waals surface area contributed by atoms with Crippen molar-refractivity contribution in [2.75, 3.05) is 20.1 Å². The summed E-state index contributed by atoms with van der Waals surface area (Å²) in [6, 6.07) is 11.5. The number of aromatic hydroxyl groups is 1. The first kappa shape index (κ1) is 15.3. The molecule has 2 aromatic rings. The molecular formula is C17H22N2O2. The number of fused-ring (bicyclic) bond motifs is 1. The van der Waals surface area contributed by atoms with Crippen molar-refractivity contribution in [2.45, 2.75) is 19.9 Å². The van der Waals surface area contributed by atoms with Crippen molar-refractivity contribution in [3.63, 3.8) is 0 Å². The van der Waals surface area contributed by atoms with Gasteiger partial charge in [0.1, 0.15) is 5.75 Å². The Morgan fingerprint density at radius 3 is 2.71 bits per heavy atom. The van der Waals surface area contributed by atoms with E-state index in [0.29, 0.717) is 6.54 Å². The molecule has 0 aliphatic heterocycles. The lowest BCUT2D eigenvalue weighted by molar-refractivity contribution is -0.128. The highest BCUT2D eigenvalue weighted by Crippen LogP contribution is 2.32. The third-order valence-corrected chi connectivity index (χ3v) is 3.86. The molecule has 21 heavy (non-hydrogen) atoms. The third-order valence-electron chi connectivity index (χ3n) is 3.86. The standard InChI is InChI=1S/C17H22N2O2/c1-4-19(3)16(20)11-18-12(2)14-10-9-13-7-5-6-8-15(13)17(14)21/h5-10,12,18,21H,4,11H2,1-3H3. The second-order valence-corrected chi connectivity index (χ2v) is 5.24. The molecule has 0 radical (unpaired) electrons. The van der Waals surface area contributed by atoms with Gasteiger partial charge in [0.05, 0.1) is 6.54 Å². The lowest BCUT2D eigenvalue weighted by atomic mass is 10.0. The fourth-order valence-corrected chi connectivity index (χ4v) is 2.28.